The number of hydrogen-bond donors (Lipinski definition) is 1. The smallest absolute Gasteiger partial charge is 0.339 e. The molecule has 0 radical (unpaired) electrons. The van der Waals surface area contributed by atoms with Gasteiger partial charge in [-0.2, -0.15) is 0 Å². The van der Waals surface area contributed by atoms with Crippen LogP contribution in [0.1, 0.15) is 10.4 Å². The second-order valence-corrected chi connectivity index (χ2v) is 2.72. The van der Waals surface area contributed by atoms with Crippen molar-refractivity contribution in [1.29, 1.82) is 0 Å². The molecule has 1 aromatic rings. The number of nitrogens with two attached hydrogens (primary N) is 1. The highest BCUT2D eigenvalue weighted by atomic mass is 16.5. The minimum absolute atomic E-state index is 0.382. The quantitative estimate of drug-likeness (QED) is 0.397. The van der Waals surface area contributed by atoms with Gasteiger partial charge in [0.15, 0.2) is 7.28 Å². The average molecular weight is 177 g/mol. The second-order valence-electron chi connectivity index (χ2n) is 2.72. The van der Waals surface area contributed by atoms with Crippen molar-refractivity contribution in [3.63, 3.8) is 0 Å². The first-order valence-corrected chi connectivity index (χ1v) is 4.16. The highest BCUT2D eigenvalue weighted by molar-refractivity contribution is 6.54. The lowest BCUT2D eigenvalue weighted by Crippen LogP contribution is -2.20. The monoisotopic (exact) mass is 177 g/mol. The van der Waals surface area contributed by atoms with Gasteiger partial charge in [-0.1, -0.05) is 24.4 Å². The number of ether oxygens (including phenoxy) is 1. The molecule has 0 saturated carbocycles. The minimum atomic E-state index is -0.382. The van der Waals surface area contributed by atoms with Crippen molar-refractivity contribution in [2.24, 2.45) is 0 Å². The second kappa shape index (κ2) is 3.98. The molecule has 0 aliphatic carbocycles. The largest absolute Gasteiger partial charge is 0.465 e. The Balaban J connectivity index is 3.15. The van der Waals surface area contributed by atoms with Crippen LogP contribution in [0.25, 0.3) is 0 Å². The van der Waals surface area contributed by atoms with Gasteiger partial charge < -0.3 is 10.5 Å². The molecule has 0 amide bonds. The van der Waals surface area contributed by atoms with Crippen LogP contribution in [0.5, 0.6) is 0 Å². The molecule has 0 heterocycles. The fourth-order valence-corrected chi connectivity index (χ4v) is 1.21. The Hall–Kier alpha value is -1.45. The standard InChI is InChI=1S/C9H12BNO2/c1-10-7-5-3-4-6(8(7)11)9(12)13-2/h3-5,10H,11H2,1-2H3. The van der Waals surface area contributed by atoms with Crippen molar-refractivity contribution in [2.45, 2.75) is 6.82 Å². The molecule has 1 rings (SSSR count). The Bertz CT molecular complexity index is 325. The van der Waals surface area contributed by atoms with Crippen LogP contribution in [0.15, 0.2) is 18.2 Å². The molecule has 4 heteroatoms. The predicted octanol–water partition coefficient (Wildman–Crippen LogP) is 0.165. The van der Waals surface area contributed by atoms with E-state index in [1.807, 2.05) is 12.9 Å². The molecule has 0 fully saturated rings. The normalized spacial score (nSPS) is 9.38. The third-order valence-electron chi connectivity index (χ3n) is 1.98. The molecule has 0 aliphatic rings. The summed E-state index contributed by atoms with van der Waals surface area (Å²) in [6.45, 7) is 1.99. The maximum Gasteiger partial charge on any atom is 0.339 e. The summed E-state index contributed by atoms with van der Waals surface area (Å²) in [6.07, 6.45) is 0. The minimum Gasteiger partial charge on any atom is -0.465 e. The van der Waals surface area contributed by atoms with E-state index >= 15 is 0 Å². The summed E-state index contributed by atoms with van der Waals surface area (Å²) in [5.41, 5.74) is 7.72. The third kappa shape index (κ3) is 1.83. The van der Waals surface area contributed by atoms with Gasteiger partial charge in [-0.3, -0.25) is 0 Å². The highest BCUT2D eigenvalue weighted by Crippen LogP contribution is 2.09. The lowest BCUT2D eigenvalue weighted by molar-refractivity contribution is 0.0602. The fraction of sp³-hybridized carbons (Fsp3) is 0.222. The van der Waals surface area contributed by atoms with Gasteiger partial charge in [-0.05, 0) is 6.07 Å². The van der Waals surface area contributed by atoms with Crippen LogP contribution in [0.3, 0.4) is 0 Å². The number of rotatable bonds is 2. The molecule has 13 heavy (non-hydrogen) atoms. The van der Waals surface area contributed by atoms with E-state index in [0.29, 0.717) is 11.3 Å². The van der Waals surface area contributed by atoms with Gasteiger partial charge in [-0.15, -0.1) is 0 Å². The zero-order chi connectivity index (χ0) is 9.84. The van der Waals surface area contributed by atoms with Crippen molar-refractivity contribution < 1.29 is 9.53 Å². The molecule has 0 spiro atoms. The van der Waals surface area contributed by atoms with E-state index in [4.69, 9.17) is 5.73 Å². The van der Waals surface area contributed by atoms with Crippen molar-refractivity contribution in [3.8, 4) is 0 Å². The van der Waals surface area contributed by atoms with Crippen LogP contribution in [-0.4, -0.2) is 20.4 Å². The van der Waals surface area contributed by atoms with Gasteiger partial charge in [0.1, 0.15) is 0 Å². The Morgan fingerprint density at radius 1 is 1.54 bits per heavy atom. The Morgan fingerprint density at radius 2 is 2.23 bits per heavy atom. The first-order chi connectivity index (χ1) is 6.20. The van der Waals surface area contributed by atoms with E-state index in [1.165, 1.54) is 7.11 Å². The number of nitrogen functional groups attached to an aromatic ring is 1. The van der Waals surface area contributed by atoms with Crippen molar-refractivity contribution in [3.05, 3.63) is 23.8 Å². The number of anilines is 1. The summed E-state index contributed by atoms with van der Waals surface area (Å²) in [6, 6.07) is 5.38. The van der Waals surface area contributed by atoms with E-state index in [9.17, 15) is 4.79 Å². The topological polar surface area (TPSA) is 52.3 Å². The number of carbonyl (C=O) groups excluding carboxylic acids is 1. The van der Waals surface area contributed by atoms with Crippen molar-refractivity contribution in [1.82, 2.24) is 0 Å². The number of esters is 1. The van der Waals surface area contributed by atoms with E-state index in [0.717, 1.165) is 12.7 Å². The first-order valence-electron chi connectivity index (χ1n) is 4.16. The lowest BCUT2D eigenvalue weighted by Gasteiger charge is -2.06. The van der Waals surface area contributed by atoms with Crippen LogP contribution in [0.4, 0.5) is 5.69 Å². The van der Waals surface area contributed by atoms with Crippen LogP contribution >= 0.6 is 0 Å². The van der Waals surface area contributed by atoms with Gasteiger partial charge in [-0.25, -0.2) is 4.79 Å². The van der Waals surface area contributed by atoms with Crippen LogP contribution in [0, 0.1) is 0 Å². The van der Waals surface area contributed by atoms with Gasteiger partial charge in [0, 0.05) is 5.69 Å². The number of carbonyl (C=O) groups is 1. The Morgan fingerprint density at radius 3 is 2.77 bits per heavy atom. The molecule has 0 aromatic heterocycles. The molecule has 2 N–H and O–H groups in total. The van der Waals surface area contributed by atoms with Crippen molar-refractivity contribution in [2.75, 3.05) is 12.8 Å². The van der Waals surface area contributed by atoms with Crippen LogP contribution < -0.4 is 11.2 Å². The average Bonchev–Trinajstić information content (AvgIpc) is 2.17. The van der Waals surface area contributed by atoms with Gasteiger partial charge >= 0.3 is 5.97 Å². The third-order valence-corrected chi connectivity index (χ3v) is 1.98. The summed E-state index contributed by atoms with van der Waals surface area (Å²) in [4.78, 5) is 11.2. The summed E-state index contributed by atoms with van der Waals surface area (Å²) >= 11 is 0. The summed E-state index contributed by atoms with van der Waals surface area (Å²) in [5.74, 6) is -0.382. The molecule has 1 aromatic carbocycles. The van der Waals surface area contributed by atoms with Crippen LogP contribution in [-0.2, 0) is 4.74 Å². The zero-order valence-corrected chi connectivity index (χ0v) is 7.83. The molecular formula is C9H12BNO2. The maximum atomic E-state index is 11.2. The Labute approximate surface area is 78.1 Å². The van der Waals surface area contributed by atoms with E-state index in [2.05, 4.69) is 4.74 Å². The van der Waals surface area contributed by atoms with Crippen LogP contribution in [0.2, 0.25) is 6.82 Å². The van der Waals surface area contributed by atoms with Gasteiger partial charge in [0.2, 0.25) is 0 Å². The highest BCUT2D eigenvalue weighted by Gasteiger charge is 2.11. The molecule has 0 unspecified atom stereocenters. The zero-order valence-electron chi connectivity index (χ0n) is 7.83. The van der Waals surface area contributed by atoms with Crippen molar-refractivity contribution >= 4 is 24.4 Å². The molecule has 0 atom stereocenters. The van der Waals surface area contributed by atoms with E-state index in [1.54, 1.807) is 12.1 Å². The van der Waals surface area contributed by atoms with E-state index in [-0.39, 0.29) is 5.97 Å². The lowest BCUT2D eigenvalue weighted by atomic mass is 9.72. The SMILES string of the molecule is CBc1cccc(C(=O)OC)c1N. The molecular weight excluding hydrogens is 165 g/mol. The summed E-state index contributed by atoms with van der Waals surface area (Å²) in [5, 5.41) is 0. The Kier molecular flexibility index (Phi) is 2.95. The van der Waals surface area contributed by atoms with E-state index < -0.39 is 0 Å². The number of hydrogen-bond acceptors (Lipinski definition) is 3. The number of para-hydroxylation sites is 1. The predicted molar refractivity (Wildman–Crippen MR) is 54.8 cm³/mol. The fourth-order valence-electron chi connectivity index (χ4n) is 1.21. The molecule has 3 nitrogen and oxygen atoms in total. The van der Waals surface area contributed by atoms with Gasteiger partial charge in [0.25, 0.3) is 0 Å². The summed E-state index contributed by atoms with van der Waals surface area (Å²) in [7, 11) is 2.16. The molecule has 0 bridgehead atoms. The summed E-state index contributed by atoms with van der Waals surface area (Å²) < 4.78 is 4.60. The molecule has 0 saturated heterocycles. The number of methoxy groups -OCH3 is 1. The molecule has 0 aliphatic heterocycles. The maximum absolute atomic E-state index is 11.2. The van der Waals surface area contributed by atoms with Gasteiger partial charge in [0.05, 0.1) is 12.7 Å². The molecule has 68 valence electrons. The first kappa shape index (κ1) is 9.64. The number of benzene rings is 1.